The predicted molar refractivity (Wildman–Crippen MR) is 68.8 cm³/mol. The zero-order valence-electron chi connectivity index (χ0n) is 10.9. The second-order valence-corrected chi connectivity index (χ2v) is 4.57. The number of likely N-dealkylation sites (N-methyl/N-ethyl adjacent to an activating group) is 1. The SMILES string of the molecule is COc1ccc(N(C)C(=O)C2CC(O)CN2)cc1F. The van der Waals surface area contributed by atoms with Crippen LogP contribution in [0.5, 0.6) is 5.75 Å². The molecule has 1 aromatic rings. The van der Waals surface area contributed by atoms with Crippen LogP contribution in [0.15, 0.2) is 18.2 Å². The molecule has 1 amide bonds. The summed E-state index contributed by atoms with van der Waals surface area (Å²) in [6.07, 6.45) is -0.128. The number of methoxy groups -OCH3 is 1. The summed E-state index contributed by atoms with van der Waals surface area (Å²) in [7, 11) is 2.97. The second-order valence-electron chi connectivity index (χ2n) is 4.57. The fourth-order valence-corrected chi connectivity index (χ4v) is 2.13. The van der Waals surface area contributed by atoms with E-state index in [0.29, 0.717) is 18.7 Å². The number of benzene rings is 1. The van der Waals surface area contributed by atoms with Crippen molar-refractivity contribution in [1.29, 1.82) is 0 Å². The Hall–Kier alpha value is -1.66. The first-order chi connectivity index (χ1) is 9.02. The highest BCUT2D eigenvalue weighted by Gasteiger charge is 2.30. The number of nitrogens with zero attached hydrogens (tertiary/aromatic N) is 1. The summed E-state index contributed by atoms with van der Waals surface area (Å²) in [5.41, 5.74) is 0.450. The fourth-order valence-electron chi connectivity index (χ4n) is 2.13. The Labute approximate surface area is 111 Å². The van der Waals surface area contributed by atoms with Gasteiger partial charge in [-0.1, -0.05) is 0 Å². The molecule has 1 aromatic carbocycles. The molecular weight excluding hydrogens is 251 g/mol. The zero-order valence-corrected chi connectivity index (χ0v) is 10.9. The number of rotatable bonds is 3. The molecule has 0 aromatic heterocycles. The number of β-amino-alcohol motifs (C(OH)–C–C–N with tert-alkyl or cyclic N) is 1. The van der Waals surface area contributed by atoms with E-state index < -0.39 is 18.0 Å². The summed E-state index contributed by atoms with van der Waals surface area (Å²) in [5.74, 6) is -0.570. The summed E-state index contributed by atoms with van der Waals surface area (Å²) in [6.45, 7) is 0.404. The van der Waals surface area contributed by atoms with Gasteiger partial charge in [0.05, 0.1) is 19.3 Å². The molecule has 0 radical (unpaired) electrons. The molecule has 5 nitrogen and oxygen atoms in total. The monoisotopic (exact) mass is 268 g/mol. The maximum atomic E-state index is 13.6. The minimum absolute atomic E-state index is 0.138. The molecule has 19 heavy (non-hydrogen) atoms. The smallest absolute Gasteiger partial charge is 0.243 e. The minimum Gasteiger partial charge on any atom is -0.494 e. The van der Waals surface area contributed by atoms with E-state index in [2.05, 4.69) is 5.32 Å². The molecule has 2 unspecified atom stereocenters. The number of hydrogen-bond donors (Lipinski definition) is 2. The molecule has 1 fully saturated rings. The first-order valence-corrected chi connectivity index (χ1v) is 6.05. The average molecular weight is 268 g/mol. The molecule has 1 heterocycles. The van der Waals surface area contributed by atoms with Gasteiger partial charge in [0.15, 0.2) is 11.6 Å². The van der Waals surface area contributed by atoms with Crippen molar-refractivity contribution in [3.05, 3.63) is 24.0 Å². The van der Waals surface area contributed by atoms with Gasteiger partial charge in [-0.25, -0.2) is 4.39 Å². The predicted octanol–water partition coefficient (Wildman–Crippen LogP) is 0.520. The first-order valence-electron chi connectivity index (χ1n) is 6.05. The normalized spacial score (nSPS) is 22.3. The van der Waals surface area contributed by atoms with E-state index in [4.69, 9.17) is 4.74 Å². The molecule has 0 saturated carbocycles. The van der Waals surface area contributed by atoms with E-state index in [1.54, 1.807) is 13.1 Å². The van der Waals surface area contributed by atoms with Crippen molar-refractivity contribution in [3.8, 4) is 5.75 Å². The maximum Gasteiger partial charge on any atom is 0.243 e. The van der Waals surface area contributed by atoms with Gasteiger partial charge in [0.1, 0.15) is 0 Å². The number of nitrogens with one attached hydrogen (secondary N) is 1. The van der Waals surface area contributed by atoms with Crippen molar-refractivity contribution in [1.82, 2.24) is 5.32 Å². The number of carbonyl (C=O) groups excluding carboxylic acids is 1. The second kappa shape index (κ2) is 5.54. The number of hydrogen-bond acceptors (Lipinski definition) is 4. The number of halogens is 1. The van der Waals surface area contributed by atoms with E-state index in [-0.39, 0.29) is 11.7 Å². The Morgan fingerprint density at radius 2 is 2.32 bits per heavy atom. The highest BCUT2D eigenvalue weighted by atomic mass is 19.1. The Morgan fingerprint density at radius 1 is 1.58 bits per heavy atom. The van der Waals surface area contributed by atoms with Crippen LogP contribution in [-0.4, -0.2) is 43.9 Å². The van der Waals surface area contributed by atoms with Crippen LogP contribution in [-0.2, 0) is 4.79 Å². The fraction of sp³-hybridized carbons (Fsp3) is 0.462. The molecule has 2 rings (SSSR count). The molecule has 1 aliphatic heterocycles. The molecule has 2 N–H and O–H groups in total. The number of anilines is 1. The summed E-state index contributed by atoms with van der Waals surface area (Å²) in [5, 5.41) is 12.3. The van der Waals surface area contributed by atoms with Gasteiger partial charge < -0.3 is 20.1 Å². The Kier molecular flexibility index (Phi) is 4.01. The van der Waals surface area contributed by atoms with Crippen LogP contribution in [0.1, 0.15) is 6.42 Å². The molecule has 104 valence electrons. The standard InChI is InChI=1S/C13H17FN2O3/c1-16(13(18)11-6-9(17)7-15-11)8-3-4-12(19-2)10(14)5-8/h3-5,9,11,15,17H,6-7H2,1-2H3. The Bertz CT molecular complexity index is 481. The lowest BCUT2D eigenvalue weighted by Gasteiger charge is -2.21. The number of aliphatic hydroxyl groups is 1. The van der Waals surface area contributed by atoms with Gasteiger partial charge in [-0.2, -0.15) is 0 Å². The third-order valence-electron chi connectivity index (χ3n) is 3.26. The van der Waals surface area contributed by atoms with Crippen LogP contribution < -0.4 is 15.0 Å². The van der Waals surface area contributed by atoms with Crippen LogP contribution in [0.3, 0.4) is 0 Å². The molecule has 1 aliphatic rings. The lowest BCUT2D eigenvalue weighted by molar-refractivity contribution is -0.120. The quantitative estimate of drug-likeness (QED) is 0.839. The van der Waals surface area contributed by atoms with Crippen LogP contribution in [0.2, 0.25) is 0 Å². The summed E-state index contributed by atoms with van der Waals surface area (Å²) in [6, 6.07) is 3.92. The molecular formula is C13H17FN2O3. The molecule has 0 spiro atoms. The van der Waals surface area contributed by atoms with Gasteiger partial charge >= 0.3 is 0 Å². The topological polar surface area (TPSA) is 61.8 Å². The highest BCUT2D eigenvalue weighted by molar-refractivity contribution is 5.97. The van der Waals surface area contributed by atoms with Gasteiger partial charge in [-0.3, -0.25) is 4.79 Å². The van der Waals surface area contributed by atoms with E-state index in [1.165, 1.54) is 24.1 Å². The third-order valence-corrected chi connectivity index (χ3v) is 3.26. The zero-order chi connectivity index (χ0) is 14.0. The third kappa shape index (κ3) is 2.85. The van der Waals surface area contributed by atoms with Gasteiger partial charge in [-0.05, 0) is 18.6 Å². The van der Waals surface area contributed by atoms with E-state index in [1.807, 2.05) is 0 Å². The Balaban J connectivity index is 2.12. The lowest BCUT2D eigenvalue weighted by atomic mass is 10.1. The van der Waals surface area contributed by atoms with Crippen molar-refractivity contribution in [3.63, 3.8) is 0 Å². The van der Waals surface area contributed by atoms with Crippen molar-refractivity contribution < 1.29 is 19.0 Å². The van der Waals surface area contributed by atoms with Crippen molar-refractivity contribution in [2.75, 3.05) is 25.6 Å². The van der Waals surface area contributed by atoms with Gasteiger partial charge in [0.25, 0.3) is 0 Å². The largest absolute Gasteiger partial charge is 0.494 e. The summed E-state index contributed by atoms with van der Waals surface area (Å²) in [4.78, 5) is 13.5. The van der Waals surface area contributed by atoms with Crippen molar-refractivity contribution in [2.24, 2.45) is 0 Å². The summed E-state index contributed by atoms with van der Waals surface area (Å²) < 4.78 is 18.4. The van der Waals surface area contributed by atoms with E-state index >= 15 is 0 Å². The van der Waals surface area contributed by atoms with Crippen LogP contribution >= 0.6 is 0 Å². The number of amides is 1. The van der Waals surface area contributed by atoms with Gasteiger partial charge in [-0.15, -0.1) is 0 Å². The van der Waals surface area contributed by atoms with Crippen LogP contribution in [0.4, 0.5) is 10.1 Å². The first kappa shape index (κ1) is 13.8. The highest BCUT2D eigenvalue weighted by Crippen LogP contribution is 2.23. The molecule has 0 bridgehead atoms. The molecule has 1 saturated heterocycles. The van der Waals surface area contributed by atoms with E-state index in [0.717, 1.165) is 0 Å². The maximum absolute atomic E-state index is 13.6. The number of carbonyl (C=O) groups is 1. The number of ether oxygens (including phenoxy) is 1. The minimum atomic E-state index is -0.515. The lowest BCUT2D eigenvalue weighted by Crippen LogP contribution is -2.41. The molecule has 2 atom stereocenters. The van der Waals surface area contributed by atoms with Crippen molar-refractivity contribution in [2.45, 2.75) is 18.6 Å². The van der Waals surface area contributed by atoms with Gasteiger partial charge in [0, 0.05) is 25.3 Å². The van der Waals surface area contributed by atoms with Crippen LogP contribution in [0, 0.1) is 5.82 Å². The van der Waals surface area contributed by atoms with E-state index in [9.17, 15) is 14.3 Å². The number of aliphatic hydroxyl groups excluding tert-OH is 1. The van der Waals surface area contributed by atoms with Crippen LogP contribution in [0.25, 0.3) is 0 Å². The molecule has 0 aliphatic carbocycles. The summed E-state index contributed by atoms with van der Waals surface area (Å²) >= 11 is 0. The van der Waals surface area contributed by atoms with Gasteiger partial charge in [0.2, 0.25) is 5.91 Å². The average Bonchev–Trinajstić information content (AvgIpc) is 2.83. The Morgan fingerprint density at radius 3 is 2.84 bits per heavy atom. The molecule has 6 heteroatoms. The van der Waals surface area contributed by atoms with Crippen molar-refractivity contribution >= 4 is 11.6 Å².